The van der Waals surface area contributed by atoms with Gasteiger partial charge in [0.15, 0.2) is 0 Å². The van der Waals surface area contributed by atoms with Gasteiger partial charge in [-0.25, -0.2) is 0 Å². The first-order chi connectivity index (χ1) is 14.7. The summed E-state index contributed by atoms with van der Waals surface area (Å²) in [5.41, 5.74) is 6.18. The fourth-order valence-corrected chi connectivity index (χ4v) is 5.18. The summed E-state index contributed by atoms with van der Waals surface area (Å²) in [4.78, 5) is 12.8. The third kappa shape index (κ3) is 4.17. The number of aryl methyl sites for hydroxylation is 1. The average Bonchev–Trinajstić information content (AvgIpc) is 3.46. The molecule has 1 saturated heterocycles. The third-order valence-corrected chi connectivity index (χ3v) is 7.06. The van der Waals surface area contributed by atoms with Crippen molar-refractivity contribution in [2.24, 2.45) is 5.92 Å². The Morgan fingerprint density at radius 3 is 2.60 bits per heavy atom. The Bertz CT molecular complexity index is 898. The van der Waals surface area contributed by atoms with E-state index < -0.39 is 0 Å². The third-order valence-electron chi connectivity index (χ3n) is 7.06. The Hall–Kier alpha value is -2.17. The van der Waals surface area contributed by atoms with Crippen molar-refractivity contribution in [2.45, 2.75) is 63.1 Å². The summed E-state index contributed by atoms with van der Waals surface area (Å²) in [6, 6.07) is 15.7. The fraction of sp³-hybridized carbons (Fsp3) is 0.500. The molecule has 30 heavy (non-hydrogen) atoms. The number of rotatable bonds is 6. The average molecular weight is 405 g/mol. The van der Waals surface area contributed by atoms with E-state index in [0.717, 1.165) is 31.4 Å². The molecule has 4 nitrogen and oxygen atoms in total. The molecular formula is C26H32N2O2. The molecule has 158 valence electrons. The number of benzene rings is 2. The van der Waals surface area contributed by atoms with Gasteiger partial charge in [-0.1, -0.05) is 30.3 Å². The molecule has 3 atom stereocenters. The molecule has 0 spiro atoms. The lowest BCUT2D eigenvalue weighted by molar-refractivity contribution is 0.0844. The Morgan fingerprint density at radius 2 is 1.90 bits per heavy atom. The minimum absolute atomic E-state index is 0.0298. The summed E-state index contributed by atoms with van der Waals surface area (Å²) in [6.45, 7) is 1.13. The summed E-state index contributed by atoms with van der Waals surface area (Å²) in [6.07, 6.45) is 8.12. The number of ether oxygens (including phenoxy) is 1. The van der Waals surface area contributed by atoms with Crippen molar-refractivity contribution in [1.29, 1.82) is 0 Å². The monoisotopic (exact) mass is 404 g/mol. The van der Waals surface area contributed by atoms with Gasteiger partial charge < -0.3 is 15.4 Å². The number of hydrogen-bond donors (Lipinski definition) is 2. The molecule has 5 rings (SSSR count). The standard InChI is InChI=1S/C26H32N2O2/c1-30-25(17-4-5-17)18-6-8-19(9-7-18)26(29)28-23-13-12-20-15-22(11-10-21(20)16-23)24-3-2-14-27-24/h6-11,15,17,23-25,27H,2-5,12-14,16H2,1H3,(H,28,29). The predicted octanol–water partition coefficient (Wildman–Crippen LogP) is 4.50. The van der Waals surface area contributed by atoms with Crippen molar-refractivity contribution in [2.75, 3.05) is 13.7 Å². The molecule has 2 N–H and O–H groups in total. The van der Waals surface area contributed by atoms with E-state index in [1.54, 1.807) is 7.11 Å². The lowest BCUT2D eigenvalue weighted by Crippen LogP contribution is -2.38. The number of nitrogens with one attached hydrogen (secondary N) is 2. The Balaban J connectivity index is 1.21. The zero-order valence-electron chi connectivity index (χ0n) is 17.8. The topological polar surface area (TPSA) is 50.4 Å². The summed E-state index contributed by atoms with van der Waals surface area (Å²) in [7, 11) is 1.78. The van der Waals surface area contributed by atoms with Crippen molar-refractivity contribution in [3.63, 3.8) is 0 Å². The van der Waals surface area contributed by atoms with Gasteiger partial charge >= 0.3 is 0 Å². The van der Waals surface area contributed by atoms with Crippen LogP contribution in [0.2, 0.25) is 0 Å². The number of carbonyl (C=O) groups excluding carboxylic acids is 1. The van der Waals surface area contributed by atoms with Crippen LogP contribution in [0.4, 0.5) is 0 Å². The van der Waals surface area contributed by atoms with Gasteiger partial charge in [0, 0.05) is 24.8 Å². The van der Waals surface area contributed by atoms with Gasteiger partial charge in [-0.2, -0.15) is 0 Å². The molecule has 1 amide bonds. The molecule has 1 heterocycles. The predicted molar refractivity (Wildman–Crippen MR) is 119 cm³/mol. The van der Waals surface area contributed by atoms with Crippen molar-refractivity contribution in [3.05, 3.63) is 70.3 Å². The normalized spacial score (nSPS) is 24.3. The highest BCUT2D eigenvalue weighted by molar-refractivity contribution is 5.94. The molecule has 2 aromatic carbocycles. The molecule has 3 aliphatic rings. The van der Waals surface area contributed by atoms with Gasteiger partial charge in [-0.15, -0.1) is 0 Å². The largest absolute Gasteiger partial charge is 0.376 e. The zero-order chi connectivity index (χ0) is 20.5. The number of methoxy groups -OCH3 is 1. The van der Waals surface area contributed by atoms with E-state index in [9.17, 15) is 4.79 Å². The second-order valence-electron chi connectivity index (χ2n) is 9.21. The van der Waals surface area contributed by atoms with Gasteiger partial charge in [0.1, 0.15) is 0 Å². The first kappa shape index (κ1) is 19.8. The summed E-state index contributed by atoms with van der Waals surface area (Å²) >= 11 is 0. The maximum atomic E-state index is 12.8. The molecule has 0 radical (unpaired) electrons. The van der Waals surface area contributed by atoms with Crippen LogP contribution in [-0.2, 0) is 17.6 Å². The SMILES string of the molecule is COC(c1ccc(C(=O)NC2CCc3cc(C4CCCN4)ccc3C2)cc1)C1CC1. The first-order valence-corrected chi connectivity index (χ1v) is 11.5. The number of carbonyl (C=O) groups is 1. The quantitative estimate of drug-likeness (QED) is 0.746. The van der Waals surface area contributed by atoms with Crippen molar-refractivity contribution >= 4 is 5.91 Å². The Labute approximate surface area is 179 Å². The van der Waals surface area contributed by atoms with Crippen molar-refractivity contribution < 1.29 is 9.53 Å². The number of hydrogen-bond acceptors (Lipinski definition) is 3. The van der Waals surface area contributed by atoms with Gasteiger partial charge in [-0.05, 0) is 91.8 Å². The molecular weight excluding hydrogens is 372 g/mol. The molecule has 0 bridgehead atoms. The summed E-state index contributed by atoms with van der Waals surface area (Å²) in [5, 5.41) is 6.85. The van der Waals surface area contributed by atoms with E-state index in [0.29, 0.717) is 12.0 Å². The number of fused-ring (bicyclic) bond motifs is 1. The van der Waals surface area contributed by atoms with Crippen LogP contribution in [0.5, 0.6) is 0 Å². The smallest absolute Gasteiger partial charge is 0.251 e. The molecule has 3 unspecified atom stereocenters. The lowest BCUT2D eigenvalue weighted by atomic mass is 9.86. The van der Waals surface area contributed by atoms with Crippen LogP contribution in [-0.4, -0.2) is 25.6 Å². The van der Waals surface area contributed by atoms with Crippen LogP contribution in [0.25, 0.3) is 0 Å². The molecule has 2 fully saturated rings. The number of amides is 1. The van der Waals surface area contributed by atoms with Gasteiger partial charge in [0.2, 0.25) is 0 Å². The second kappa shape index (κ2) is 8.52. The molecule has 1 aliphatic heterocycles. The van der Waals surface area contributed by atoms with Gasteiger partial charge in [0.25, 0.3) is 5.91 Å². The van der Waals surface area contributed by atoms with Crippen molar-refractivity contribution in [1.82, 2.24) is 10.6 Å². The van der Waals surface area contributed by atoms with E-state index in [1.807, 2.05) is 12.1 Å². The van der Waals surface area contributed by atoms with E-state index in [-0.39, 0.29) is 18.1 Å². The Kier molecular flexibility index (Phi) is 5.62. The highest BCUT2D eigenvalue weighted by Crippen LogP contribution is 2.42. The highest BCUT2D eigenvalue weighted by Gasteiger charge is 2.32. The summed E-state index contributed by atoms with van der Waals surface area (Å²) < 4.78 is 5.65. The second-order valence-corrected chi connectivity index (χ2v) is 9.21. The lowest BCUT2D eigenvalue weighted by Gasteiger charge is -2.27. The van der Waals surface area contributed by atoms with Crippen LogP contribution in [0.3, 0.4) is 0 Å². The molecule has 2 aromatic rings. The van der Waals surface area contributed by atoms with Gasteiger partial charge in [-0.3, -0.25) is 4.79 Å². The molecule has 1 saturated carbocycles. The fourth-order valence-electron chi connectivity index (χ4n) is 5.18. The minimum Gasteiger partial charge on any atom is -0.376 e. The van der Waals surface area contributed by atoms with E-state index in [2.05, 4.69) is 41.0 Å². The van der Waals surface area contributed by atoms with Crippen LogP contribution < -0.4 is 10.6 Å². The molecule has 0 aromatic heterocycles. The van der Waals surface area contributed by atoms with E-state index in [4.69, 9.17) is 4.74 Å². The zero-order valence-corrected chi connectivity index (χ0v) is 17.8. The first-order valence-electron chi connectivity index (χ1n) is 11.5. The molecule has 4 heteroatoms. The van der Waals surface area contributed by atoms with Crippen molar-refractivity contribution in [3.8, 4) is 0 Å². The van der Waals surface area contributed by atoms with Crippen LogP contribution in [0.15, 0.2) is 42.5 Å². The van der Waals surface area contributed by atoms with E-state index >= 15 is 0 Å². The van der Waals surface area contributed by atoms with Crippen LogP contribution in [0.1, 0.15) is 76.9 Å². The van der Waals surface area contributed by atoms with E-state index in [1.165, 1.54) is 47.9 Å². The van der Waals surface area contributed by atoms with Crippen LogP contribution in [0, 0.1) is 5.92 Å². The Morgan fingerprint density at radius 1 is 1.07 bits per heavy atom. The maximum absolute atomic E-state index is 12.8. The maximum Gasteiger partial charge on any atom is 0.251 e. The minimum atomic E-state index is 0.0298. The van der Waals surface area contributed by atoms with Crippen LogP contribution >= 0.6 is 0 Å². The summed E-state index contributed by atoms with van der Waals surface area (Å²) in [5.74, 6) is 0.670. The molecule has 2 aliphatic carbocycles. The highest BCUT2D eigenvalue weighted by atomic mass is 16.5. The van der Waals surface area contributed by atoms with Gasteiger partial charge in [0.05, 0.1) is 6.10 Å².